The normalized spacial score (nSPS) is 11.2. The Morgan fingerprint density at radius 1 is 1.35 bits per heavy atom. The molecule has 0 unspecified atom stereocenters. The molecule has 0 aliphatic rings. The first-order valence-electron chi connectivity index (χ1n) is 5.95. The molecule has 9 heteroatoms. The summed E-state index contributed by atoms with van der Waals surface area (Å²) in [6.45, 7) is 2.37. The van der Waals surface area contributed by atoms with Crippen LogP contribution < -0.4 is 10.0 Å². The van der Waals surface area contributed by atoms with Crippen LogP contribution >= 0.6 is 11.3 Å². The van der Waals surface area contributed by atoms with Gasteiger partial charge >= 0.3 is 5.97 Å². The molecule has 0 fully saturated rings. The smallest absolute Gasteiger partial charge is 0.347 e. The van der Waals surface area contributed by atoms with E-state index in [1.165, 1.54) is 11.4 Å². The second kappa shape index (κ2) is 7.36. The molecule has 0 saturated carbocycles. The molecule has 1 heterocycles. The van der Waals surface area contributed by atoms with Crippen LogP contribution in [0.3, 0.4) is 0 Å². The minimum atomic E-state index is -3.91. The van der Waals surface area contributed by atoms with Crippen molar-refractivity contribution in [1.82, 2.24) is 10.0 Å². The van der Waals surface area contributed by atoms with Gasteiger partial charge in [-0.1, -0.05) is 6.92 Å². The van der Waals surface area contributed by atoms with E-state index in [0.29, 0.717) is 6.54 Å². The first kappa shape index (κ1) is 16.6. The minimum Gasteiger partial charge on any atom is -0.477 e. The van der Waals surface area contributed by atoms with Crippen molar-refractivity contribution in [2.45, 2.75) is 24.7 Å². The van der Waals surface area contributed by atoms with Gasteiger partial charge in [0.25, 0.3) is 0 Å². The van der Waals surface area contributed by atoms with Crippen molar-refractivity contribution in [3.05, 3.63) is 16.3 Å². The Labute approximate surface area is 121 Å². The number of thiophene rings is 1. The largest absolute Gasteiger partial charge is 0.477 e. The van der Waals surface area contributed by atoms with E-state index in [1.54, 1.807) is 0 Å². The number of amides is 1. The molecule has 112 valence electrons. The Bertz CT molecular complexity index is 579. The van der Waals surface area contributed by atoms with Crippen molar-refractivity contribution in [3.8, 4) is 0 Å². The molecule has 0 aliphatic heterocycles. The van der Waals surface area contributed by atoms with Crippen molar-refractivity contribution in [3.63, 3.8) is 0 Å². The second-order valence-electron chi connectivity index (χ2n) is 3.92. The lowest BCUT2D eigenvalue weighted by Crippen LogP contribution is -2.31. The summed E-state index contributed by atoms with van der Waals surface area (Å²) >= 11 is 0.837. The van der Waals surface area contributed by atoms with Crippen LogP contribution in [0.15, 0.2) is 16.3 Å². The standard InChI is InChI=1S/C11H16N2O5S2/c1-2-5-12-9(14)3-6-13-20(17,18)8-4-7-19-10(8)11(15)16/h4,7,13H,2-3,5-6H2,1H3,(H,12,14)(H,15,16). The monoisotopic (exact) mass is 320 g/mol. The van der Waals surface area contributed by atoms with E-state index < -0.39 is 16.0 Å². The SMILES string of the molecule is CCCNC(=O)CCNS(=O)(=O)c1ccsc1C(=O)O. The van der Waals surface area contributed by atoms with Gasteiger partial charge in [-0.2, -0.15) is 0 Å². The highest BCUT2D eigenvalue weighted by Crippen LogP contribution is 2.21. The topological polar surface area (TPSA) is 113 Å². The van der Waals surface area contributed by atoms with Crippen molar-refractivity contribution in [2.24, 2.45) is 0 Å². The summed E-state index contributed by atoms with van der Waals surface area (Å²) in [6, 6.07) is 1.23. The molecule has 0 atom stereocenters. The molecule has 0 aromatic carbocycles. The van der Waals surface area contributed by atoms with Crippen LogP contribution in [-0.4, -0.2) is 38.5 Å². The van der Waals surface area contributed by atoms with E-state index in [0.717, 1.165) is 17.8 Å². The summed E-state index contributed by atoms with van der Waals surface area (Å²) in [6.07, 6.45) is 0.806. The highest BCUT2D eigenvalue weighted by Gasteiger charge is 2.23. The van der Waals surface area contributed by atoms with Crippen LogP contribution in [0, 0.1) is 0 Å². The third-order valence-corrected chi connectivity index (χ3v) is 4.86. The fourth-order valence-corrected chi connectivity index (χ4v) is 3.68. The van der Waals surface area contributed by atoms with Gasteiger partial charge < -0.3 is 10.4 Å². The number of hydrogen-bond donors (Lipinski definition) is 3. The van der Waals surface area contributed by atoms with Crippen LogP contribution in [0.1, 0.15) is 29.4 Å². The lowest BCUT2D eigenvalue weighted by molar-refractivity contribution is -0.120. The third-order valence-electron chi connectivity index (χ3n) is 2.33. The Hall–Kier alpha value is -1.45. The second-order valence-corrected chi connectivity index (χ2v) is 6.57. The zero-order chi connectivity index (χ0) is 15.2. The van der Waals surface area contributed by atoms with Crippen LogP contribution in [0.25, 0.3) is 0 Å². The molecule has 0 spiro atoms. The van der Waals surface area contributed by atoms with Gasteiger partial charge in [0.15, 0.2) is 0 Å². The van der Waals surface area contributed by atoms with Gasteiger partial charge in [0.05, 0.1) is 0 Å². The Morgan fingerprint density at radius 2 is 2.05 bits per heavy atom. The van der Waals surface area contributed by atoms with Crippen molar-refractivity contribution < 1.29 is 23.1 Å². The predicted molar refractivity (Wildman–Crippen MR) is 74.4 cm³/mol. The summed E-state index contributed by atoms with van der Waals surface area (Å²) in [4.78, 5) is 21.7. The first-order valence-corrected chi connectivity index (χ1v) is 8.32. The number of carbonyl (C=O) groups is 2. The fraction of sp³-hybridized carbons (Fsp3) is 0.455. The molecule has 1 rings (SSSR count). The Kier molecular flexibility index (Phi) is 6.11. The molecule has 1 aromatic rings. The number of rotatable bonds is 8. The predicted octanol–water partition coefficient (Wildman–Crippen LogP) is 0.641. The lowest BCUT2D eigenvalue weighted by atomic mass is 10.4. The molecule has 1 aromatic heterocycles. The average molecular weight is 320 g/mol. The summed E-state index contributed by atoms with van der Waals surface area (Å²) in [7, 11) is -3.91. The van der Waals surface area contributed by atoms with Gasteiger partial charge in [-0.25, -0.2) is 17.9 Å². The zero-order valence-electron chi connectivity index (χ0n) is 10.9. The number of hydrogen-bond acceptors (Lipinski definition) is 5. The lowest BCUT2D eigenvalue weighted by Gasteiger charge is -2.06. The maximum absolute atomic E-state index is 11.9. The van der Waals surface area contributed by atoms with Gasteiger partial charge in [-0.3, -0.25) is 4.79 Å². The summed E-state index contributed by atoms with van der Waals surface area (Å²) < 4.78 is 26.0. The fourth-order valence-electron chi connectivity index (χ4n) is 1.39. The van der Waals surface area contributed by atoms with Crippen molar-refractivity contribution in [2.75, 3.05) is 13.1 Å². The highest BCUT2D eigenvalue weighted by atomic mass is 32.2. The molecule has 7 nitrogen and oxygen atoms in total. The Balaban J connectivity index is 2.60. The van der Waals surface area contributed by atoms with Gasteiger partial charge in [0.1, 0.15) is 9.77 Å². The number of nitrogens with one attached hydrogen (secondary N) is 2. The number of carboxylic acids is 1. The van der Waals surface area contributed by atoms with Crippen molar-refractivity contribution >= 4 is 33.2 Å². The van der Waals surface area contributed by atoms with E-state index in [1.807, 2.05) is 6.92 Å². The number of sulfonamides is 1. The number of carboxylic acid groups (broad SMARTS) is 1. The molecule has 0 aliphatic carbocycles. The first-order chi connectivity index (χ1) is 9.38. The van der Waals surface area contributed by atoms with Crippen LogP contribution in [0.2, 0.25) is 0 Å². The molecule has 20 heavy (non-hydrogen) atoms. The molecule has 0 bridgehead atoms. The van der Waals surface area contributed by atoms with Gasteiger partial charge in [0, 0.05) is 19.5 Å². The average Bonchev–Trinajstić information content (AvgIpc) is 2.86. The van der Waals surface area contributed by atoms with E-state index >= 15 is 0 Å². The minimum absolute atomic E-state index is 0.00573. The van der Waals surface area contributed by atoms with Crippen LogP contribution in [-0.2, 0) is 14.8 Å². The molecule has 0 radical (unpaired) electrons. The van der Waals surface area contributed by atoms with Gasteiger partial charge in [-0.15, -0.1) is 11.3 Å². The molecular formula is C11H16N2O5S2. The number of carbonyl (C=O) groups excluding carboxylic acids is 1. The molecule has 0 saturated heterocycles. The van der Waals surface area contributed by atoms with E-state index in [-0.39, 0.29) is 28.6 Å². The maximum Gasteiger partial charge on any atom is 0.347 e. The third kappa shape index (κ3) is 4.58. The van der Waals surface area contributed by atoms with E-state index in [4.69, 9.17) is 5.11 Å². The van der Waals surface area contributed by atoms with Gasteiger partial charge in [-0.05, 0) is 17.9 Å². The highest BCUT2D eigenvalue weighted by molar-refractivity contribution is 7.89. The molecule has 3 N–H and O–H groups in total. The van der Waals surface area contributed by atoms with Gasteiger partial charge in [0.2, 0.25) is 15.9 Å². The van der Waals surface area contributed by atoms with Crippen LogP contribution in [0.5, 0.6) is 0 Å². The zero-order valence-corrected chi connectivity index (χ0v) is 12.5. The Morgan fingerprint density at radius 3 is 2.65 bits per heavy atom. The van der Waals surface area contributed by atoms with E-state index in [9.17, 15) is 18.0 Å². The quantitative estimate of drug-likeness (QED) is 0.650. The molecule has 1 amide bonds. The summed E-state index contributed by atoms with van der Waals surface area (Å²) in [5.74, 6) is -1.54. The van der Waals surface area contributed by atoms with Crippen LogP contribution in [0.4, 0.5) is 0 Å². The maximum atomic E-state index is 11.9. The summed E-state index contributed by atoms with van der Waals surface area (Å²) in [5, 5.41) is 12.9. The molecular weight excluding hydrogens is 304 g/mol. The number of aromatic carboxylic acids is 1. The van der Waals surface area contributed by atoms with Crippen molar-refractivity contribution in [1.29, 1.82) is 0 Å². The van der Waals surface area contributed by atoms with E-state index in [2.05, 4.69) is 10.0 Å². The summed E-state index contributed by atoms with van der Waals surface area (Å²) in [5.41, 5.74) is 0.